The molecule has 2 aliphatic rings. The van der Waals surface area contributed by atoms with Crippen LogP contribution in [0.2, 0.25) is 0 Å². The summed E-state index contributed by atoms with van der Waals surface area (Å²) in [6.45, 7) is 5.69. The first-order valence-electron chi connectivity index (χ1n) is 9.61. The highest BCUT2D eigenvalue weighted by Gasteiger charge is 2.43. The molecule has 0 aliphatic carbocycles. The van der Waals surface area contributed by atoms with E-state index in [9.17, 15) is 19.2 Å². The van der Waals surface area contributed by atoms with Gasteiger partial charge in [0.25, 0.3) is 11.8 Å². The van der Waals surface area contributed by atoms with Gasteiger partial charge in [0.15, 0.2) is 0 Å². The Hall–Kier alpha value is -3.68. The molecule has 154 valence electrons. The van der Waals surface area contributed by atoms with Gasteiger partial charge in [-0.15, -0.1) is 0 Å². The van der Waals surface area contributed by atoms with E-state index in [1.54, 1.807) is 31.2 Å². The van der Waals surface area contributed by atoms with Crippen LogP contribution >= 0.6 is 0 Å². The topological polar surface area (TPSA) is 108 Å². The van der Waals surface area contributed by atoms with Gasteiger partial charge in [-0.1, -0.05) is 42.5 Å². The van der Waals surface area contributed by atoms with Crippen LogP contribution in [-0.2, 0) is 21.7 Å². The van der Waals surface area contributed by atoms with Gasteiger partial charge in [0.2, 0.25) is 0 Å². The molecule has 30 heavy (non-hydrogen) atoms. The third-order valence-electron chi connectivity index (χ3n) is 5.81. The van der Waals surface area contributed by atoms with E-state index in [1.807, 2.05) is 32.0 Å². The minimum Gasteiger partial charge on any atom is -0.322 e. The quantitative estimate of drug-likeness (QED) is 0.676. The van der Waals surface area contributed by atoms with Crippen LogP contribution in [0.5, 0.6) is 0 Å². The van der Waals surface area contributed by atoms with Gasteiger partial charge in [0, 0.05) is 0 Å². The number of nitrogens with one attached hydrogen (secondary N) is 3. The van der Waals surface area contributed by atoms with Crippen molar-refractivity contribution >= 4 is 23.9 Å². The van der Waals surface area contributed by atoms with Crippen molar-refractivity contribution in [2.24, 2.45) is 0 Å². The van der Waals surface area contributed by atoms with E-state index in [-0.39, 0.29) is 12.5 Å². The maximum Gasteiger partial charge on any atom is 0.325 e. The SMILES string of the molecule is Cc1ccc(C2NC(=O)N(Cc3ccc(C4(C)NC(=O)NC4=O)cc3)C2=O)cc1C. The molecule has 2 fully saturated rings. The molecule has 2 unspecified atom stereocenters. The van der Waals surface area contributed by atoms with E-state index in [1.165, 1.54) is 4.90 Å². The maximum absolute atomic E-state index is 12.9. The average Bonchev–Trinajstić information content (AvgIpc) is 3.14. The lowest BCUT2D eigenvalue weighted by Crippen LogP contribution is -2.40. The van der Waals surface area contributed by atoms with E-state index < -0.39 is 29.6 Å². The molecule has 0 spiro atoms. The number of carbonyl (C=O) groups is 4. The zero-order chi connectivity index (χ0) is 21.6. The molecule has 3 N–H and O–H groups in total. The Morgan fingerprint density at radius 1 is 0.967 bits per heavy atom. The van der Waals surface area contributed by atoms with E-state index in [0.29, 0.717) is 5.56 Å². The molecule has 0 saturated carbocycles. The van der Waals surface area contributed by atoms with Crippen molar-refractivity contribution in [3.8, 4) is 0 Å². The monoisotopic (exact) mass is 406 g/mol. The summed E-state index contributed by atoms with van der Waals surface area (Å²) in [5.41, 5.74) is 3.12. The number of amides is 6. The fourth-order valence-corrected chi connectivity index (χ4v) is 3.71. The molecular weight excluding hydrogens is 384 g/mol. The van der Waals surface area contributed by atoms with Gasteiger partial charge in [-0.05, 0) is 48.6 Å². The molecule has 0 radical (unpaired) electrons. The van der Waals surface area contributed by atoms with Gasteiger partial charge in [-0.3, -0.25) is 19.8 Å². The maximum atomic E-state index is 12.9. The molecule has 2 aromatic rings. The molecule has 2 saturated heterocycles. The average molecular weight is 406 g/mol. The van der Waals surface area contributed by atoms with Crippen LogP contribution in [0.1, 0.15) is 40.8 Å². The second-order valence-electron chi connectivity index (χ2n) is 7.88. The molecule has 8 heteroatoms. The number of urea groups is 2. The van der Waals surface area contributed by atoms with Crippen LogP contribution < -0.4 is 16.0 Å². The Bertz CT molecular complexity index is 1080. The predicted molar refractivity (Wildman–Crippen MR) is 108 cm³/mol. The number of aryl methyl sites for hydroxylation is 2. The molecule has 0 bridgehead atoms. The van der Waals surface area contributed by atoms with Crippen LogP contribution in [0, 0.1) is 13.8 Å². The molecule has 2 aromatic carbocycles. The van der Waals surface area contributed by atoms with Crippen LogP contribution in [0.3, 0.4) is 0 Å². The third kappa shape index (κ3) is 3.20. The number of hydrogen-bond donors (Lipinski definition) is 3. The fourth-order valence-electron chi connectivity index (χ4n) is 3.71. The summed E-state index contributed by atoms with van der Waals surface area (Å²) in [6.07, 6.45) is 0. The number of benzene rings is 2. The fraction of sp³-hybridized carbons (Fsp3) is 0.273. The number of hydrogen-bond acceptors (Lipinski definition) is 4. The van der Waals surface area contributed by atoms with Crippen molar-refractivity contribution in [3.63, 3.8) is 0 Å². The zero-order valence-corrected chi connectivity index (χ0v) is 16.9. The minimum absolute atomic E-state index is 0.113. The Labute approximate surface area is 173 Å². The Balaban J connectivity index is 1.51. The van der Waals surface area contributed by atoms with Crippen molar-refractivity contribution in [1.82, 2.24) is 20.9 Å². The second-order valence-corrected chi connectivity index (χ2v) is 7.88. The standard InChI is InChI=1S/C22H22N4O4/c1-12-4-7-15(10-13(12)2)17-18(27)26(21(30)23-17)11-14-5-8-16(9-6-14)22(3)19(28)24-20(29)25-22/h4-10,17H,11H2,1-3H3,(H,23,30)(H2,24,25,28,29). The van der Waals surface area contributed by atoms with Crippen LogP contribution in [0.25, 0.3) is 0 Å². The van der Waals surface area contributed by atoms with Crippen molar-refractivity contribution in [2.45, 2.75) is 38.9 Å². The molecule has 2 atom stereocenters. The largest absolute Gasteiger partial charge is 0.325 e. The lowest BCUT2D eigenvalue weighted by molar-refractivity contribution is -0.128. The summed E-state index contributed by atoms with van der Waals surface area (Å²) >= 11 is 0. The lowest BCUT2D eigenvalue weighted by Gasteiger charge is -2.21. The Kier molecular flexibility index (Phi) is 4.57. The van der Waals surface area contributed by atoms with Crippen molar-refractivity contribution in [2.75, 3.05) is 0 Å². The normalized spacial score (nSPS) is 23.4. The van der Waals surface area contributed by atoms with Crippen molar-refractivity contribution in [3.05, 3.63) is 70.3 Å². The van der Waals surface area contributed by atoms with Gasteiger partial charge in [0.1, 0.15) is 11.6 Å². The Morgan fingerprint density at radius 2 is 1.67 bits per heavy atom. The summed E-state index contributed by atoms with van der Waals surface area (Å²) in [4.78, 5) is 50.0. The first-order valence-corrected chi connectivity index (χ1v) is 9.61. The highest BCUT2D eigenvalue weighted by Crippen LogP contribution is 2.27. The van der Waals surface area contributed by atoms with E-state index in [4.69, 9.17) is 0 Å². The molecule has 0 aromatic heterocycles. The minimum atomic E-state index is -1.15. The number of rotatable bonds is 4. The van der Waals surface area contributed by atoms with E-state index in [0.717, 1.165) is 22.3 Å². The predicted octanol–water partition coefficient (Wildman–Crippen LogP) is 2.15. The molecule has 2 heterocycles. The Morgan fingerprint density at radius 3 is 2.27 bits per heavy atom. The zero-order valence-electron chi connectivity index (χ0n) is 16.9. The number of carbonyl (C=O) groups excluding carboxylic acids is 4. The van der Waals surface area contributed by atoms with Gasteiger partial charge in [-0.2, -0.15) is 0 Å². The van der Waals surface area contributed by atoms with Crippen molar-refractivity contribution < 1.29 is 19.2 Å². The first-order chi connectivity index (χ1) is 14.2. The third-order valence-corrected chi connectivity index (χ3v) is 5.81. The van der Waals surface area contributed by atoms with Crippen LogP contribution in [-0.4, -0.2) is 28.8 Å². The second kappa shape index (κ2) is 6.98. The molecule has 6 amide bonds. The molecule has 8 nitrogen and oxygen atoms in total. The molecule has 4 rings (SSSR count). The van der Waals surface area contributed by atoms with Crippen LogP contribution in [0.15, 0.2) is 42.5 Å². The summed E-state index contributed by atoms with van der Waals surface area (Å²) < 4.78 is 0. The summed E-state index contributed by atoms with van der Waals surface area (Å²) in [5.74, 6) is -0.729. The van der Waals surface area contributed by atoms with Crippen LogP contribution in [0.4, 0.5) is 9.59 Å². The highest BCUT2D eigenvalue weighted by atomic mass is 16.2. The van der Waals surface area contributed by atoms with Gasteiger partial charge < -0.3 is 10.6 Å². The van der Waals surface area contributed by atoms with E-state index in [2.05, 4.69) is 16.0 Å². The molecule has 2 aliphatic heterocycles. The van der Waals surface area contributed by atoms with Gasteiger partial charge in [0.05, 0.1) is 6.54 Å². The number of imide groups is 2. The number of nitrogens with zero attached hydrogens (tertiary/aromatic N) is 1. The van der Waals surface area contributed by atoms with E-state index >= 15 is 0 Å². The summed E-state index contributed by atoms with van der Waals surface area (Å²) in [5, 5.41) is 7.58. The molecular formula is C22H22N4O4. The smallest absolute Gasteiger partial charge is 0.322 e. The van der Waals surface area contributed by atoms with Gasteiger partial charge in [-0.25, -0.2) is 9.59 Å². The van der Waals surface area contributed by atoms with Gasteiger partial charge >= 0.3 is 12.1 Å². The highest BCUT2D eigenvalue weighted by molar-refractivity contribution is 6.07. The van der Waals surface area contributed by atoms with Crippen molar-refractivity contribution in [1.29, 1.82) is 0 Å². The summed E-state index contributed by atoms with van der Waals surface area (Å²) in [6, 6.07) is 10.9. The lowest BCUT2D eigenvalue weighted by atomic mass is 9.91. The first kappa shape index (κ1) is 19.6. The summed E-state index contributed by atoms with van der Waals surface area (Å²) in [7, 11) is 0.